The van der Waals surface area contributed by atoms with E-state index in [4.69, 9.17) is 19.3 Å². The van der Waals surface area contributed by atoms with E-state index in [9.17, 15) is 4.79 Å². The van der Waals surface area contributed by atoms with E-state index in [0.717, 1.165) is 16.9 Å². The van der Waals surface area contributed by atoms with E-state index in [1.807, 2.05) is 48.5 Å². The molecule has 0 saturated carbocycles. The highest BCUT2D eigenvalue weighted by atomic mass is 16.6. The molecule has 2 aromatic carbocycles. The second-order valence-electron chi connectivity index (χ2n) is 4.71. The molecule has 0 unspecified atom stereocenters. The van der Waals surface area contributed by atoms with Crippen molar-refractivity contribution in [1.29, 1.82) is 0 Å². The summed E-state index contributed by atoms with van der Waals surface area (Å²) < 4.78 is 15.5. The highest BCUT2D eigenvalue weighted by Gasteiger charge is 2.04. The number of hydrogen-bond donors (Lipinski definition) is 1. The lowest BCUT2D eigenvalue weighted by atomic mass is 10.1. The third kappa shape index (κ3) is 5.30. The monoisotopic (exact) mass is 316 g/mol. The second kappa shape index (κ2) is 8.80. The number of carbonyl (C=O) groups is 1. The molecule has 0 fully saturated rings. The number of ether oxygens (including phenoxy) is 3. The number of aliphatic hydroxyl groups excluding tert-OH is 1. The van der Waals surface area contributed by atoms with Gasteiger partial charge in [0, 0.05) is 0 Å². The average molecular weight is 316 g/mol. The standard InChI is InChI=1S/C18H20O5/c1-2-21-18(20)13-23-17-9-5-15(6-10-17)14-3-7-16(8-4-14)22-12-11-19/h3-10,19H,2,11-13H2,1H3. The summed E-state index contributed by atoms with van der Waals surface area (Å²) in [7, 11) is 0. The van der Waals surface area contributed by atoms with Gasteiger partial charge in [-0.3, -0.25) is 0 Å². The normalized spacial score (nSPS) is 10.2. The Morgan fingerprint density at radius 1 is 0.913 bits per heavy atom. The Labute approximate surface area is 135 Å². The molecule has 0 spiro atoms. The maximum absolute atomic E-state index is 11.2. The highest BCUT2D eigenvalue weighted by Crippen LogP contribution is 2.24. The maximum atomic E-state index is 11.2. The van der Waals surface area contributed by atoms with Crippen LogP contribution in [0.25, 0.3) is 11.1 Å². The van der Waals surface area contributed by atoms with Crippen LogP contribution in [0, 0.1) is 0 Å². The van der Waals surface area contributed by atoms with Crippen molar-refractivity contribution in [3.8, 4) is 22.6 Å². The van der Waals surface area contributed by atoms with Crippen LogP contribution in [-0.4, -0.2) is 37.5 Å². The SMILES string of the molecule is CCOC(=O)COc1ccc(-c2ccc(OCCO)cc2)cc1. The molecular formula is C18H20O5. The van der Waals surface area contributed by atoms with Crippen molar-refractivity contribution in [3.63, 3.8) is 0 Å². The molecule has 0 atom stereocenters. The van der Waals surface area contributed by atoms with Crippen LogP contribution in [0.3, 0.4) is 0 Å². The summed E-state index contributed by atoms with van der Waals surface area (Å²) in [6.07, 6.45) is 0. The van der Waals surface area contributed by atoms with Gasteiger partial charge < -0.3 is 19.3 Å². The largest absolute Gasteiger partial charge is 0.491 e. The molecule has 0 aliphatic rings. The predicted octanol–water partition coefficient (Wildman–Crippen LogP) is 2.67. The van der Waals surface area contributed by atoms with E-state index in [1.165, 1.54) is 0 Å². The molecule has 0 aliphatic carbocycles. The van der Waals surface area contributed by atoms with Crippen LogP contribution in [0.15, 0.2) is 48.5 Å². The molecule has 2 rings (SSSR count). The lowest BCUT2D eigenvalue weighted by molar-refractivity contribution is -0.145. The third-order valence-electron chi connectivity index (χ3n) is 3.06. The Balaban J connectivity index is 1.94. The quantitative estimate of drug-likeness (QED) is 0.759. The van der Waals surface area contributed by atoms with Crippen molar-refractivity contribution in [3.05, 3.63) is 48.5 Å². The van der Waals surface area contributed by atoms with Gasteiger partial charge in [-0.2, -0.15) is 0 Å². The second-order valence-corrected chi connectivity index (χ2v) is 4.71. The van der Waals surface area contributed by atoms with E-state index >= 15 is 0 Å². The molecule has 2 aromatic rings. The van der Waals surface area contributed by atoms with Gasteiger partial charge in [-0.15, -0.1) is 0 Å². The Morgan fingerprint density at radius 3 is 1.91 bits per heavy atom. The molecule has 0 aliphatic heterocycles. The van der Waals surface area contributed by atoms with Gasteiger partial charge in [-0.05, 0) is 42.3 Å². The molecule has 0 aromatic heterocycles. The summed E-state index contributed by atoms with van der Waals surface area (Å²) in [5, 5.41) is 8.73. The molecule has 0 amide bonds. The summed E-state index contributed by atoms with van der Waals surface area (Å²) in [6.45, 7) is 2.29. The van der Waals surface area contributed by atoms with Gasteiger partial charge in [0.2, 0.25) is 0 Å². The van der Waals surface area contributed by atoms with Crippen LogP contribution in [0.2, 0.25) is 0 Å². The zero-order valence-electron chi connectivity index (χ0n) is 13.0. The van der Waals surface area contributed by atoms with Gasteiger partial charge in [-0.1, -0.05) is 24.3 Å². The van der Waals surface area contributed by atoms with Gasteiger partial charge >= 0.3 is 5.97 Å². The molecule has 1 N–H and O–H groups in total. The van der Waals surface area contributed by atoms with Crippen molar-refractivity contribution >= 4 is 5.97 Å². The van der Waals surface area contributed by atoms with E-state index in [1.54, 1.807) is 6.92 Å². The van der Waals surface area contributed by atoms with Crippen LogP contribution in [0.4, 0.5) is 0 Å². The number of aliphatic hydroxyl groups is 1. The van der Waals surface area contributed by atoms with Gasteiger partial charge in [0.1, 0.15) is 18.1 Å². The molecule has 0 bridgehead atoms. The minimum atomic E-state index is -0.380. The molecule has 5 nitrogen and oxygen atoms in total. The smallest absolute Gasteiger partial charge is 0.344 e. The maximum Gasteiger partial charge on any atom is 0.344 e. The summed E-state index contributed by atoms with van der Waals surface area (Å²) in [5.41, 5.74) is 2.07. The minimum Gasteiger partial charge on any atom is -0.491 e. The molecular weight excluding hydrogens is 296 g/mol. The van der Waals surface area contributed by atoms with E-state index in [2.05, 4.69) is 0 Å². The number of carbonyl (C=O) groups excluding carboxylic acids is 1. The summed E-state index contributed by atoms with van der Waals surface area (Å²) >= 11 is 0. The van der Waals surface area contributed by atoms with Crippen molar-refractivity contribution in [2.45, 2.75) is 6.92 Å². The summed E-state index contributed by atoms with van der Waals surface area (Å²) in [6, 6.07) is 15.1. The first-order valence-electron chi connectivity index (χ1n) is 7.45. The number of benzene rings is 2. The molecule has 5 heteroatoms. The Bertz CT molecular complexity index is 604. The first kappa shape index (κ1) is 16.8. The van der Waals surface area contributed by atoms with Gasteiger partial charge in [0.05, 0.1) is 13.2 Å². The zero-order valence-corrected chi connectivity index (χ0v) is 13.0. The molecule has 0 heterocycles. The first-order chi connectivity index (χ1) is 11.2. The van der Waals surface area contributed by atoms with Gasteiger partial charge in [0.15, 0.2) is 6.61 Å². The van der Waals surface area contributed by atoms with Crippen LogP contribution < -0.4 is 9.47 Å². The summed E-state index contributed by atoms with van der Waals surface area (Å²) in [4.78, 5) is 11.2. The Hall–Kier alpha value is -2.53. The van der Waals surface area contributed by atoms with Crippen molar-refractivity contribution in [2.24, 2.45) is 0 Å². The van der Waals surface area contributed by atoms with Crippen molar-refractivity contribution < 1.29 is 24.1 Å². The molecule has 0 radical (unpaired) electrons. The fraction of sp³-hybridized carbons (Fsp3) is 0.278. The minimum absolute atomic E-state index is 0.00495. The highest BCUT2D eigenvalue weighted by molar-refractivity contribution is 5.71. The lowest BCUT2D eigenvalue weighted by Crippen LogP contribution is -2.14. The molecule has 0 saturated heterocycles. The average Bonchev–Trinajstić information content (AvgIpc) is 2.59. The van der Waals surface area contributed by atoms with Crippen LogP contribution >= 0.6 is 0 Å². The topological polar surface area (TPSA) is 65.0 Å². The molecule has 122 valence electrons. The summed E-state index contributed by atoms with van der Waals surface area (Å²) in [5.74, 6) is 0.955. The Kier molecular flexibility index (Phi) is 6.44. The van der Waals surface area contributed by atoms with Gasteiger partial charge in [-0.25, -0.2) is 4.79 Å². The fourth-order valence-corrected chi connectivity index (χ4v) is 2.00. The van der Waals surface area contributed by atoms with Crippen molar-refractivity contribution in [1.82, 2.24) is 0 Å². The van der Waals surface area contributed by atoms with Crippen LogP contribution in [0.1, 0.15) is 6.92 Å². The third-order valence-corrected chi connectivity index (χ3v) is 3.06. The van der Waals surface area contributed by atoms with Crippen LogP contribution in [0.5, 0.6) is 11.5 Å². The number of rotatable bonds is 8. The van der Waals surface area contributed by atoms with Gasteiger partial charge in [0.25, 0.3) is 0 Å². The van der Waals surface area contributed by atoms with E-state index in [0.29, 0.717) is 12.4 Å². The Morgan fingerprint density at radius 2 is 1.43 bits per heavy atom. The van der Waals surface area contributed by atoms with Crippen LogP contribution in [-0.2, 0) is 9.53 Å². The molecule has 23 heavy (non-hydrogen) atoms. The first-order valence-corrected chi connectivity index (χ1v) is 7.45. The van der Waals surface area contributed by atoms with E-state index in [-0.39, 0.29) is 25.8 Å². The number of esters is 1. The van der Waals surface area contributed by atoms with E-state index < -0.39 is 0 Å². The number of hydrogen-bond acceptors (Lipinski definition) is 5. The fourth-order valence-electron chi connectivity index (χ4n) is 2.00. The lowest BCUT2D eigenvalue weighted by Gasteiger charge is -2.08. The van der Waals surface area contributed by atoms with Crippen molar-refractivity contribution in [2.75, 3.05) is 26.4 Å². The zero-order chi connectivity index (χ0) is 16.5. The predicted molar refractivity (Wildman–Crippen MR) is 86.6 cm³/mol.